The number of halogens is 1. The minimum absolute atomic E-state index is 0.307. The summed E-state index contributed by atoms with van der Waals surface area (Å²) in [6.45, 7) is 2.00. The Morgan fingerprint density at radius 3 is 2.74 bits per heavy atom. The molecule has 35 heavy (non-hydrogen) atoms. The number of carbonyl (C=O) groups excluding carboxylic acids is 2. The molecule has 0 bridgehead atoms. The van der Waals surface area contributed by atoms with Crippen LogP contribution < -0.4 is 10.6 Å². The first-order chi connectivity index (χ1) is 17.0. The van der Waals surface area contributed by atoms with Gasteiger partial charge >= 0.3 is 0 Å². The lowest BCUT2D eigenvalue weighted by atomic mass is 10.1. The number of hydrogen-bond donors (Lipinski definition) is 2. The largest absolute Gasteiger partial charge is 0.354 e. The molecule has 4 aromatic rings. The van der Waals surface area contributed by atoms with Crippen molar-refractivity contribution in [2.75, 3.05) is 6.54 Å². The molecule has 2 aromatic heterocycles. The smallest absolute Gasteiger partial charge is 0.265 e. The maximum atomic E-state index is 13.1. The van der Waals surface area contributed by atoms with Crippen LogP contribution in [0.5, 0.6) is 0 Å². The molecule has 0 radical (unpaired) electrons. The molecule has 2 N–H and O–H groups in total. The van der Waals surface area contributed by atoms with Crippen LogP contribution in [0.1, 0.15) is 26.5 Å². The molecule has 12 heteroatoms. The van der Waals surface area contributed by atoms with Crippen molar-refractivity contribution in [2.45, 2.75) is 19.4 Å². The maximum absolute atomic E-state index is 13.1. The molecule has 0 saturated carbocycles. The Labute approximate surface area is 210 Å². The third-order valence-corrected chi connectivity index (χ3v) is 6.10. The molecule has 0 spiro atoms. The topological polar surface area (TPSA) is 128 Å². The van der Waals surface area contributed by atoms with Gasteiger partial charge in [-0.25, -0.2) is 4.68 Å². The monoisotopic (exact) mass is 508 g/mol. The Hall–Kier alpha value is -3.96. The van der Waals surface area contributed by atoms with E-state index < -0.39 is 11.9 Å². The van der Waals surface area contributed by atoms with E-state index >= 15 is 0 Å². The molecule has 10 nitrogen and oxygen atoms in total. The zero-order chi connectivity index (χ0) is 24.6. The van der Waals surface area contributed by atoms with Crippen molar-refractivity contribution in [3.63, 3.8) is 0 Å². The highest BCUT2D eigenvalue weighted by Gasteiger charge is 2.21. The van der Waals surface area contributed by atoms with Crippen molar-refractivity contribution in [2.24, 2.45) is 0 Å². The molecule has 0 aliphatic heterocycles. The molecule has 0 aliphatic rings. The predicted octanol–water partition coefficient (Wildman–Crippen LogP) is 2.65. The Kier molecular flexibility index (Phi) is 7.91. The number of rotatable bonds is 9. The van der Waals surface area contributed by atoms with E-state index in [1.165, 1.54) is 11.0 Å². The molecule has 4 rings (SSSR count). The summed E-state index contributed by atoms with van der Waals surface area (Å²) in [6, 6.07) is 14.0. The van der Waals surface area contributed by atoms with E-state index in [4.69, 9.17) is 11.6 Å². The molecule has 2 amide bonds. The molecule has 2 aromatic carbocycles. The van der Waals surface area contributed by atoms with E-state index in [0.717, 1.165) is 28.3 Å². The van der Waals surface area contributed by atoms with Gasteiger partial charge in [-0.3, -0.25) is 9.59 Å². The Morgan fingerprint density at radius 2 is 2.03 bits per heavy atom. The summed E-state index contributed by atoms with van der Waals surface area (Å²) in [5, 5.41) is 21.3. The van der Waals surface area contributed by atoms with Crippen LogP contribution in [-0.4, -0.2) is 54.2 Å². The fourth-order valence-corrected chi connectivity index (χ4v) is 4.05. The highest BCUT2D eigenvalue weighted by atomic mass is 35.5. The van der Waals surface area contributed by atoms with E-state index in [1.54, 1.807) is 31.2 Å². The first-order valence-corrected chi connectivity index (χ1v) is 11.8. The third kappa shape index (κ3) is 6.34. The molecular formula is C23H21ClN8O2S. The van der Waals surface area contributed by atoms with Gasteiger partial charge in [-0.1, -0.05) is 58.6 Å². The van der Waals surface area contributed by atoms with E-state index in [1.807, 2.05) is 36.4 Å². The van der Waals surface area contributed by atoms with Gasteiger partial charge in [0.05, 0.1) is 11.4 Å². The SMILES string of the molecule is Cc1nnsc1C(=O)NC(/C=C/c1ccccc1)C(=O)NCCc1cc(Cl)ccc1-n1cnnn1. The number of nitrogens with zero attached hydrogens (tertiary/aromatic N) is 6. The Balaban J connectivity index is 1.46. The van der Waals surface area contributed by atoms with E-state index in [-0.39, 0.29) is 5.91 Å². The Bertz CT molecular complexity index is 1320. The summed E-state index contributed by atoms with van der Waals surface area (Å²) in [7, 11) is 0. The number of aromatic nitrogens is 6. The van der Waals surface area contributed by atoms with Crippen molar-refractivity contribution in [1.82, 2.24) is 40.4 Å². The minimum atomic E-state index is -0.900. The fraction of sp³-hybridized carbons (Fsp3) is 0.174. The average molecular weight is 509 g/mol. The first-order valence-electron chi connectivity index (χ1n) is 10.6. The first kappa shape index (κ1) is 24.2. The fourth-order valence-electron chi connectivity index (χ4n) is 3.30. The van der Waals surface area contributed by atoms with E-state index in [0.29, 0.717) is 28.6 Å². The summed E-state index contributed by atoms with van der Waals surface area (Å²) >= 11 is 7.16. The zero-order valence-electron chi connectivity index (χ0n) is 18.6. The number of benzene rings is 2. The van der Waals surface area contributed by atoms with Crippen LogP contribution >= 0.6 is 23.1 Å². The van der Waals surface area contributed by atoms with Gasteiger partial charge in [-0.05, 0) is 64.6 Å². The number of carbonyl (C=O) groups is 2. The maximum Gasteiger partial charge on any atom is 0.265 e. The van der Waals surface area contributed by atoms with Gasteiger partial charge in [0.25, 0.3) is 5.91 Å². The number of hydrogen-bond acceptors (Lipinski definition) is 8. The molecule has 178 valence electrons. The summed E-state index contributed by atoms with van der Waals surface area (Å²) in [5.74, 6) is -0.766. The van der Waals surface area contributed by atoms with Gasteiger partial charge in [-0.15, -0.1) is 10.2 Å². The van der Waals surface area contributed by atoms with Gasteiger partial charge < -0.3 is 10.6 Å². The van der Waals surface area contributed by atoms with Gasteiger partial charge in [0, 0.05) is 11.6 Å². The summed E-state index contributed by atoms with van der Waals surface area (Å²) in [5.41, 5.74) is 3.03. The van der Waals surface area contributed by atoms with Crippen molar-refractivity contribution in [3.8, 4) is 5.69 Å². The summed E-state index contributed by atoms with van der Waals surface area (Å²) in [4.78, 5) is 26.1. The van der Waals surface area contributed by atoms with E-state index in [9.17, 15) is 9.59 Å². The molecule has 0 saturated heterocycles. The highest BCUT2D eigenvalue weighted by molar-refractivity contribution is 7.08. The number of aryl methyl sites for hydroxylation is 1. The van der Waals surface area contributed by atoms with Crippen molar-refractivity contribution in [3.05, 3.63) is 87.7 Å². The highest BCUT2D eigenvalue weighted by Crippen LogP contribution is 2.19. The number of tetrazole rings is 1. The molecule has 0 aliphatic carbocycles. The van der Waals surface area contributed by atoms with Crippen molar-refractivity contribution >= 4 is 41.0 Å². The molecule has 0 fully saturated rings. The zero-order valence-corrected chi connectivity index (χ0v) is 20.2. The lowest BCUT2D eigenvalue weighted by Crippen LogP contribution is -2.46. The van der Waals surface area contributed by atoms with Crippen LogP contribution in [0.25, 0.3) is 11.8 Å². The second-order valence-electron chi connectivity index (χ2n) is 7.48. The van der Waals surface area contributed by atoms with Crippen LogP contribution in [0.2, 0.25) is 5.02 Å². The van der Waals surface area contributed by atoms with Crippen LogP contribution in [-0.2, 0) is 11.2 Å². The van der Waals surface area contributed by atoms with Crippen molar-refractivity contribution in [1.29, 1.82) is 0 Å². The quantitative estimate of drug-likeness (QED) is 0.355. The second-order valence-corrected chi connectivity index (χ2v) is 8.67. The lowest BCUT2D eigenvalue weighted by Gasteiger charge is -2.16. The minimum Gasteiger partial charge on any atom is -0.354 e. The summed E-state index contributed by atoms with van der Waals surface area (Å²) in [6.07, 6.45) is 5.40. The number of amides is 2. The van der Waals surface area contributed by atoms with Crippen molar-refractivity contribution < 1.29 is 9.59 Å². The lowest BCUT2D eigenvalue weighted by molar-refractivity contribution is -0.121. The summed E-state index contributed by atoms with van der Waals surface area (Å²) < 4.78 is 5.33. The van der Waals surface area contributed by atoms with Crippen LogP contribution in [0.4, 0.5) is 0 Å². The van der Waals surface area contributed by atoms with E-state index in [2.05, 4.69) is 35.7 Å². The number of nitrogens with one attached hydrogen (secondary N) is 2. The molecule has 2 heterocycles. The van der Waals surface area contributed by atoms with Gasteiger partial charge in [0.15, 0.2) is 0 Å². The van der Waals surface area contributed by atoms with Crippen LogP contribution in [0.3, 0.4) is 0 Å². The molecular weight excluding hydrogens is 488 g/mol. The normalized spacial score (nSPS) is 11.9. The van der Waals surface area contributed by atoms with Crippen LogP contribution in [0, 0.1) is 6.92 Å². The van der Waals surface area contributed by atoms with Gasteiger partial charge in [0.2, 0.25) is 5.91 Å². The van der Waals surface area contributed by atoms with Crippen LogP contribution in [0.15, 0.2) is 60.9 Å². The standard InChI is InChI=1S/C23H21ClN8O2S/c1-15-21(35-31-28-15)23(34)27-19(9-7-16-5-3-2-4-6-16)22(33)25-12-11-17-13-18(24)8-10-20(17)32-14-26-29-30-32/h2-10,13-14,19H,11-12H2,1H3,(H,25,33)(H,27,34)/b9-7+. The third-order valence-electron chi connectivity index (χ3n) is 5.04. The van der Waals surface area contributed by atoms with Gasteiger partial charge in [0.1, 0.15) is 17.2 Å². The molecule has 1 unspecified atom stereocenters. The Morgan fingerprint density at radius 1 is 1.20 bits per heavy atom. The van der Waals surface area contributed by atoms with Gasteiger partial charge in [-0.2, -0.15) is 0 Å². The average Bonchev–Trinajstić information content (AvgIpc) is 3.54. The predicted molar refractivity (Wildman–Crippen MR) is 132 cm³/mol. The second kappa shape index (κ2) is 11.4. The molecule has 1 atom stereocenters.